The van der Waals surface area contributed by atoms with Gasteiger partial charge in [-0.15, -0.1) is 0 Å². The minimum Gasteiger partial charge on any atom is -0.229 e. The molecule has 2 aliphatic heterocycles. The van der Waals surface area contributed by atoms with Crippen LogP contribution in [0.25, 0.3) is 0 Å². The van der Waals surface area contributed by atoms with Crippen molar-refractivity contribution in [3.05, 3.63) is 0 Å². The molecule has 0 amide bonds. The summed E-state index contributed by atoms with van der Waals surface area (Å²) in [6.45, 7) is 5.54. The molecule has 21 heavy (non-hydrogen) atoms. The van der Waals surface area contributed by atoms with Crippen LogP contribution in [0, 0.1) is 17.8 Å². The molecule has 0 radical (unpaired) electrons. The first kappa shape index (κ1) is 17.2. The van der Waals surface area contributed by atoms with E-state index in [2.05, 4.69) is 13.8 Å². The third-order valence-corrected chi connectivity index (χ3v) is 8.77. The van der Waals surface area contributed by atoms with Crippen LogP contribution in [-0.4, -0.2) is 51.5 Å². The molecule has 2 heterocycles. The minimum atomic E-state index is -3.31. The molecule has 0 aromatic heterocycles. The summed E-state index contributed by atoms with van der Waals surface area (Å²) in [5.74, 6) is 1.22. The van der Waals surface area contributed by atoms with Crippen molar-refractivity contribution in [2.75, 3.05) is 30.3 Å². The van der Waals surface area contributed by atoms with Crippen LogP contribution in [0.4, 0.5) is 0 Å². The molecule has 7 heteroatoms. The Morgan fingerprint density at radius 2 is 1.76 bits per heavy atom. The van der Waals surface area contributed by atoms with Gasteiger partial charge in [-0.05, 0) is 43.4 Å². The van der Waals surface area contributed by atoms with E-state index in [1.54, 1.807) is 4.31 Å². The van der Waals surface area contributed by atoms with E-state index in [0.717, 1.165) is 12.8 Å². The molecule has 1 unspecified atom stereocenters. The van der Waals surface area contributed by atoms with Crippen molar-refractivity contribution in [2.45, 2.75) is 39.5 Å². The van der Waals surface area contributed by atoms with Gasteiger partial charge in [-0.3, -0.25) is 0 Å². The fraction of sp³-hybridized carbons (Fsp3) is 1.00. The van der Waals surface area contributed by atoms with Crippen LogP contribution in [0.2, 0.25) is 0 Å². The molecule has 2 rings (SSSR count). The molecule has 0 saturated carbocycles. The molecule has 0 aliphatic carbocycles. The Bertz CT molecular complexity index is 546. The van der Waals surface area contributed by atoms with Gasteiger partial charge < -0.3 is 0 Å². The predicted molar refractivity (Wildman–Crippen MR) is 84.3 cm³/mol. The molecule has 2 saturated heterocycles. The number of nitrogens with zero attached hydrogens (tertiary/aromatic N) is 1. The Morgan fingerprint density at radius 3 is 2.29 bits per heavy atom. The third-order valence-electron chi connectivity index (χ3n) is 4.84. The van der Waals surface area contributed by atoms with Gasteiger partial charge in [0.1, 0.15) is 0 Å². The van der Waals surface area contributed by atoms with Crippen LogP contribution in [0.5, 0.6) is 0 Å². The van der Waals surface area contributed by atoms with Gasteiger partial charge in [0.05, 0.1) is 17.3 Å². The molecule has 124 valence electrons. The molecule has 0 bridgehead atoms. The number of sulfone groups is 1. The zero-order valence-corrected chi connectivity index (χ0v) is 14.6. The van der Waals surface area contributed by atoms with E-state index in [4.69, 9.17) is 0 Å². The minimum absolute atomic E-state index is 0.00141. The summed E-state index contributed by atoms with van der Waals surface area (Å²) in [7, 11) is -6.35. The van der Waals surface area contributed by atoms with E-state index in [-0.39, 0.29) is 23.2 Å². The maximum absolute atomic E-state index is 12.5. The SMILES string of the molecule is CC(C)C1CCN(S(=O)(=O)CC2CCCS(=O)(=O)C2)CC1. The highest BCUT2D eigenvalue weighted by Crippen LogP contribution is 2.27. The van der Waals surface area contributed by atoms with E-state index in [0.29, 0.717) is 37.8 Å². The van der Waals surface area contributed by atoms with Gasteiger partial charge in [0.2, 0.25) is 10.0 Å². The van der Waals surface area contributed by atoms with Gasteiger partial charge in [0, 0.05) is 13.1 Å². The van der Waals surface area contributed by atoms with Crippen molar-refractivity contribution in [3.63, 3.8) is 0 Å². The average Bonchev–Trinajstić information content (AvgIpc) is 2.37. The lowest BCUT2D eigenvalue weighted by Gasteiger charge is -2.34. The predicted octanol–water partition coefficient (Wildman–Crippen LogP) is 1.51. The normalized spacial score (nSPS) is 28.8. The van der Waals surface area contributed by atoms with Crippen molar-refractivity contribution in [3.8, 4) is 0 Å². The van der Waals surface area contributed by atoms with Crippen LogP contribution in [0.1, 0.15) is 39.5 Å². The molecule has 2 fully saturated rings. The Balaban J connectivity index is 1.93. The van der Waals surface area contributed by atoms with E-state index in [1.165, 1.54) is 0 Å². The summed E-state index contributed by atoms with van der Waals surface area (Å²) in [4.78, 5) is 0. The second-order valence-electron chi connectivity index (χ2n) is 6.88. The number of piperidine rings is 1. The lowest BCUT2D eigenvalue weighted by molar-refractivity contribution is 0.226. The monoisotopic (exact) mass is 337 g/mol. The Labute approximate surface area is 129 Å². The first-order chi connectivity index (χ1) is 9.70. The first-order valence-corrected chi connectivity index (χ1v) is 11.3. The molecule has 0 N–H and O–H groups in total. The summed E-state index contributed by atoms with van der Waals surface area (Å²) >= 11 is 0. The van der Waals surface area contributed by atoms with E-state index in [1.807, 2.05) is 0 Å². The molecule has 1 atom stereocenters. The van der Waals surface area contributed by atoms with Crippen molar-refractivity contribution >= 4 is 19.9 Å². The highest BCUT2D eigenvalue weighted by Gasteiger charge is 2.33. The Morgan fingerprint density at radius 1 is 1.14 bits per heavy atom. The second kappa shape index (κ2) is 6.54. The number of hydrogen-bond donors (Lipinski definition) is 0. The molecule has 0 aromatic rings. The zero-order chi connectivity index (χ0) is 15.7. The lowest BCUT2D eigenvalue weighted by Crippen LogP contribution is -2.43. The quantitative estimate of drug-likeness (QED) is 0.779. The first-order valence-electron chi connectivity index (χ1n) is 7.88. The van der Waals surface area contributed by atoms with Crippen molar-refractivity contribution < 1.29 is 16.8 Å². The van der Waals surface area contributed by atoms with Crippen molar-refractivity contribution in [2.24, 2.45) is 17.8 Å². The van der Waals surface area contributed by atoms with E-state index < -0.39 is 19.9 Å². The molecule has 0 aromatic carbocycles. The second-order valence-corrected chi connectivity index (χ2v) is 11.1. The van der Waals surface area contributed by atoms with Gasteiger partial charge in [-0.2, -0.15) is 0 Å². The summed E-state index contributed by atoms with van der Waals surface area (Å²) in [5.41, 5.74) is 0. The average molecular weight is 338 g/mol. The van der Waals surface area contributed by atoms with Crippen molar-refractivity contribution in [1.82, 2.24) is 4.31 Å². The van der Waals surface area contributed by atoms with Crippen LogP contribution in [-0.2, 0) is 19.9 Å². The highest BCUT2D eigenvalue weighted by atomic mass is 32.2. The van der Waals surface area contributed by atoms with Gasteiger partial charge in [0.15, 0.2) is 9.84 Å². The fourth-order valence-corrected chi connectivity index (χ4v) is 7.26. The van der Waals surface area contributed by atoms with Gasteiger partial charge in [-0.1, -0.05) is 13.8 Å². The lowest BCUT2D eigenvalue weighted by atomic mass is 9.87. The molecule has 2 aliphatic rings. The van der Waals surface area contributed by atoms with Crippen LogP contribution in [0.15, 0.2) is 0 Å². The summed E-state index contributed by atoms with van der Waals surface area (Å²) < 4.78 is 49.8. The molecule has 0 spiro atoms. The standard InChI is InChI=1S/C14H27NO4S2/c1-12(2)14-5-7-15(8-6-14)21(18,19)11-13-4-3-9-20(16,17)10-13/h12-14H,3-11H2,1-2H3. The number of rotatable bonds is 4. The zero-order valence-electron chi connectivity index (χ0n) is 13.0. The topological polar surface area (TPSA) is 71.5 Å². The Kier molecular flexibility index (Phi) is 5.36. The van der Waals surface area contributed by atoms with Crippen LogP contribution < -0.4 is 0 Å². The van der Waals surface area contributed by atoms with E-state index >= 15 is 0 Å². The van der Waals surface area contributed by atoms with Crippen LogP contribution in [0.3, 0.4) is 0 Å². The fourth-order valence-electron chi connectivity index (χ4n) is 3.47. The smallest absolute Gasteiger partial charge is 0.214 e. The van der Waals surface area contributed by atoms with Gasteiger partial charge in [0.25, 0.3) is 0 Å². The Hall–Kier alpha value is -0.140. The number of hydrogen-bond acceptors (Lipinski definition) is 4. The van der Waals surface area contributed by atoms with Gasteiger partial charge >= 0.3 is 0 Å². The molecular weight excluding hydrogens is 310 g/mol. The summed E-state index contributed by atoms with van der Waals surface area (Å²) in [5, 5.41) is 0. The number of sulfonamides is 1. The van der Waals surface area contributed by atoms with Crippen molar-refractivity contribution in [1.29, 1.82) is 0 Å². The largest absolute Gasteiger partial charge is 0.229 e. The third kappa shape index (κ3) is 4.66. The summed E-state index contributed by atoms with van der Waals surface area (Å²) in [6, 6.07) is 0. The van der Waals surface area contributed by atoms with Gasteiger partial charge in [-0.25, -0.2) is 21.1 Å². The maximum Gasteiger partial charge on any atom is 0.214 e. The maximum atomic E-state index is 12.5. The van der Waals surface area contributed by atoms with E-state index in [9.17, 15) is 16.8 Å². The molecular formula is C14H27NO4S2. The highest BCUT2D eigenvalue weighted by molar-refractivity contribution is 7.91. The molecule has 5 nitrogen and oxygen atoms in total. The van der Waals surface area contributed by atoms with Crippen LogP contribution >= 0.6 is 0 Å². The summed E-state index contributed by atoms with van der Waals surface area (Å²) in [6.07, 6.45) is 3.14.